The van der Waals surface area contributed by atoms with E-state index in [0.717, 1.165) is 31.4 Å². The predicted molar refractivity (Wildman–Crippen MR) is 127 cm³/mol. The van der Waals surface area contributed by atoms with Crippen LogP contribution in [0.15, 0.2) is 74.7 Å². The molecule has 0 atom stereocenters. The van der Waals surface area contributed by atoms with Gasteiger partial charge in [-0.2, -0.15) is 5.10 Å². The molecule has 0 saturated heterocycles. The Labute approximate surface area is 193 Å². The fraction of sp³-hybridized carbons (Fsp3) is 0.174. The van der Waals surface area contributed by atoms with Crippen LogP contribution >= 0.6 is 31.9 Å². The molecular weight excluding hydrogens is 512 g/mol. The maximum Gasteiger partial charge on any atom is 0.175 e. The normalized spacial score (nSPS) is 10.8. The van der Waals surface area contributed by atoms with Crippen molar-refractivity contribution in [2.75, 3.05) is 14.2 Å². The Morgan fingerprint density at radius 2 is 1.67 bits per heavy atom. The molecule has 0 bridgehead atoms. The molecule has 0 aliphatic heterocycles. The number of hydrogen-bond acceptors (Lipinski definition) is 5. The summed E-state index contributed by atoms with van der Waals surface area (Å²) in [6.07, 6.45) is 1.74. The van der Waals surface area contributed by atoms with Gasteiger partial charge in [-0.3, -0.25) is 0 Å². The van der Waals surface area contributed by atoms with E-state index >= 15 is 0 Å². The van der Waals surface area contributed by atoms with Crippen molar-refractivity contribution in [1.82, 2.24) is 5.43 Å². The Bertz CT molecular complexity index is 1010. The molecule has 0 saturated carbocycles. The fourth-order valence-corrected chi connectivity index (χ4v) is 3.63. The summed E-state index contributed by atoms with van der Waals surface area (Å²) in [7, 11) is 3.28. The third-order valence-electron chi connectivity index (χ3n) is 4.32. The fourth-order valence-electron chi connectivity index (χ4n) is 2.79. The molecule has 0 unspecified atom stereocenters. The number of nitrogens with one attached hydrogen (secondary N) is 1. The highest BCUT2D eigenvalue weighted by molar-refractivity contribution is 9.10. The smallest absolute Gasteiger partial charge is 0.175 e. The van der Waals surface area contributed by atoms with Gasteiger partial charge >= 0.3 is 0 Å². The zero-order valence-electron chi connectivity index (χ0n) is 16.7. The molecule has 7 heteroatoms. The van der Waals surface area contributed by atoms with Crippen molar-refractivity contribution in [3.05, 3.63) is 86.3 Å². The summed E-state index contributed by atoms with van der Waals surface area (Å²) < 4.78 is 18.7. The van der Waals surface area contributed by atoms with Crippen LogP contribution in [0, 0.1) is 0 Å². The van der Waals surface area contributed by atoms with Crippen LogP contribution in [0.5, 0.6) is 17.2 Å². The Kier molecular flexibility index (Phi) is 8.16. The Morgan fingerprint density at radius 1 is 0.933 bits per heavy atom. The number of halogens is 2. The molecule has 0 fully saturated rings. The van der Waals surface area contributed by atoms with Gasteiger partial charge in [-0.1, -0.05) is 46.3 Å². The predicted octanol–water partition coefficient (Wildman–Crippen LogP) is 5.93. The first-order chi connectivity index (χ1) is 14.6. The standard InChI is InChI=1S/C23H22Br2N2O3/c1-28-21-6-4-3-5-18(21)14-27-26-13-17-11-20(25)23(22(12-17)29-2)30-15-16-7-9-19(24)10-8-16/h3-13,27H,14-15H2,1-2H3/b26-13-. The second kappa shape index (κ2) is 11.0. The van der Waals surface area contributed by atoms with E-state index in [1.54, 1.807) is 20.4 Å². The summed E-state index contributed by atoms with van der Waals surface area (Å²) in [6, 6.07) is 19.7. The van der Waals surface area contributed by atoms with Crippen LogP contribution in [0.25, 0.3) is 0 Å². The molecule has 5 nitrogen and oxygen atoms in total. The molecule has 0 aromatic heterocycles. The summed E-state index contributed by atoms with van der Waals surface area (Å²) in [5.41, 5.74) is 6.03. The molecule has 0 heterocycles. The van der Waals surface area contributed by atoms with Crippen molar-refractivity contribution >= 4 is 38.1 Å². The van der Waals surface area contributed by atoms with Crippen LogP contribution in [0.3, 0.4) is 0 Å². The van der Waals surface area contributed by atoms with E-state index in [1.807, 2.05) is 60.7 Å². The van der Waals surface area contributed by atoms with Crippen LogP contribution in [-0.2, 0) is 13.2 Å². The number of nitrogens with zero attached hydrogens (tertiary/aromatic N) is 1. The minimum absolute atomic E-state index is 0.441. The third kappa shape index (κ3) is 6.00. The summed E-state index contributed by atoms with van der Waals surface area (Å²) in [5, 5.41) is 4.31. The molecule has 0 aliphatic rings. The monoisotopic (exact) mass is 532 g/mol. The Balaban J connectivity index is 1.65. The zero-order chi connectivity index (χ0) is 21.3. The van der Waals surface area contributed by atoms with E-state index in [9.17, 15) is 0 Å². The average Bonchev–Trinajstić information content (AvgIpc) is 2.77. The van der Waals surface area contributed by atoms with Gasteiger partial charge in [0.05, 0.1) is 31.5 Å². The quantitative estimate of drug-likeness (QED) is 0.273. The van der Waals surface area contributed by atoms with Gasteiger partial charge in [0.25, 0.3) is 0 Å². The topological polar surface area (TPSA) is 52.1 Å². The number of benzene rings is 3. The highest BCUT2D eigenvalue weighted by Gasteiger charge is 2.11. The highest BCUT2D eigenvalue weighted by Crippen LogP contribution is 2.37. The van der Waals surface area contributed by atoms with E-state index < -0.39 is 0 Å². The molecule has 3 rings (SSSR count). The SMILES string of the molecule is COc1ccccc1CN/N=C\c1cc(Br)c(OCc2ccc(Br)cc2)c(OC)c1. The first-order valence-electron chi connectivity index (χ1n) is 9.23. The average molecular weight is 534 g/mol. The van der Waals surface area contributed by atoms with Gasteiger partial charge in [0.15, 0.2) is 11.5 Å². The molecule has 156 valence electrons. The number of hydrogen-bond donors (Lipinski definition) is 1. The lowest BCUT2D eigenvalue weighted by atomic mass is 10.2. The van der Waals surface area contributed by atoms with E-state index in [2.05, 4.69) is 42.4 Å². The van der Waals surface area contributed by atoms with E-state index in [1.165, 1.54) is 0 Å². The van der Waals surface area contributed by atoms with Gasteiger partial charge in [0, 0.05) is 10.0 Å². The van der Waals surface area contributed by atoms with Crippen molar-refractivity contribution in [1.29, 1.82) is 0 Å². The number of rotatable bonds is 9. The summed E-state index contributed by atoms with van der Waals surface area (Å²) in [6.45, 7) is 1.00. The van der Waals surface area contributed by atoms with Gasteiger partial charge in [0.1, 0.15) is 12.4 Å². The van der Waals surface area contributed by atoms with Crippen LogP contribution in [0.1, 0.15) is 16.7 Å². The number of methoxy groups -OCH3 is 2. The van der Waals surface area contributed by atoms with Crippen LogP contribution in [-0.4, -0.2) is 20.4 Å². The first-order valence-corrected chi connectivity index (χ1v) is 10.8. The summed E-state index contributed by atoms with van der Waals surface area (Å²) in [4.78, 5) is 0. The van der Waals surface area contributed by atoms with E-state index in [0.29, 0.717) is 24.7 Å². The summed E-state index contributed by atoms with van der Waals surface area (Å²) in [5.74, 6) is 2.11. The van der Waals surface area contributed by atoms with Crippen molar-refractivity contribution in [2.45, 2.75) is 13.2 Å². The minimum Gasteiger partial charge on any atom is -0.496 e. The Hall–Kier alpha value is -2.51. The van der Waals surface area contributed by atoms with Crippen molar-refractivity contribution < 1.29 is 14.2 Å². The zero-order valence-corrected chi connectivity index (χ0v) is 19.9. The van der Waals surface area contributed by atoms with E-state index in [-0.39, 0.29) is 0 Å². The third-order valence-corrected chi connectivity index (χ3v) is 5.43. The molecule has 1 N–H and O–H groups in total. The van der Waals surface area contributed by atoms with Crippen molar-refractivity contribution in [3.63, 3.8) is 0 Å². The maximum absolute atomic E-state index is 5.99. The van der Waals surface area contributed by atoms with Gasteiger partial charge in [0.2, 0.25) is 0 Å². The summed E-state index contributed by atoms with van der Waals surface area (Å²) >= 11 is 7.02. The maximum atomic E-state index is 5.99. The molecule has 3 aromatic rings. The van der Waals surface area contributed by atoms with Gasteiger partial charge in [-0.05, 0) is 57.4 Å². The largest absolute Gasteiger partial charge is 0.496 e. The molecule has 0 aliphatic carbocycles. The second-order valence-electron chi connectivity index (χ2n) is 6.35. The van der Waals surface area contributed by atoms with Crippen LogP contribution in [0.4, 0.5) is 0 Å². The van der Waals surface area contributed by atoms with Gasteiger partial charge in [-0.25, -0.2) is 0 Å². The highest BCUT2D eigenvalue weighted by atomic mass is 79.9. The van der Waals surface area contributed by atoms with Crippen molar-refractivity contribution in [3.8, 4) is 17.2 Å². The van der Waals surface area contributed by atoms with Gasteiger partial charge in [-0.15, -0.1) is 0 Å². The number of ether oxygens (including phenoxy) is 3. The lowest BCUT2D eigenvalue weighted by Gasteiger charge is -2.13. The molecule has 0 radical (unpaired) electrons. The number of para-hydroxylation sites is 1. The van der Waals surface area contributed by atoms with E-state index in [4.69, 9.17) is 14.2 Å². The lowest BCUT2D eigenvalue weighted by Crippen LogP contribution is -2.07. The molecule has 0 spiro atoms. The van der Waals surface area contributed by atoms with Crippen LogP contribution < -0.4 is 19.6 Å². The first kappa shape index (κ1) is 22.2. The van der Waals surface area contributed by atoms with Crippen molar-refractivity contribution in [2.24, 2.45) is 5.10 Å². The number of hydrazone groups is 1. The minimum atomic E-state index is 0.441. The van der Waals surface area contributed by atoms with Crippen LogP contribution in [0.2, 0.25) is 0 Å². The lowest BCUT2D eigenvalue weighted by molar-refractivity contribution is 0.282. The Morgan fingerprint density at radius 3 is 2.40 bits per heavy atom. The molecule has 30 heavy (non-hydrogen) atoms. The van der Waals surface area contributed by atoms with Gasteiger partial charge < -0.3 is 19.6 Å². The molecule has 0 amide bonds. The molecule has 3 aromatic carbocycles. The molecular formula is C23H22Br2N2O3. The second-order valence-corrected chi connectivity index (χ2v) is 8.12.